The predicted molar refractivity (Wildman–Crippen MR) is 166 cm³/mol. The molecule has 2 heterocycles. The van der Waals surface area contributed by atoms with Crippen molar-refractivity contribution >= 4 is 17.7 Å². The molecule has 1 aliphatic carbocycles. The van der Waals surface area contributed by atoms with E-state index in [-0.39, 0.29) is 42.7 Å². The van der Waals surface area contributed by atoms with Crippen molar-refractivity contribution in [2.75, 3.05) is 31.6 Å². The monoisotopic (exact) mass is 671 g/mol. The van der Waals surface area contributed by atoms with Crippen LogP contribution in [0.4, 0.5) is 28.0 Å². The van der Waals surface area contributed by atoms with Crippen LogP contribution in [0.5, 0.6) is 0 Å². The molecule has 48 heavy (non-hydrogen) atoms. The number of nitrogens with two attached hydrogens (primary N) is 1. The molecule has 0 bridgehead atoms. The zero-order valence-electron chi connectivity index (χ0n) is 26.1. The first-order valence-corrected chi connectivity index (χ1v) is 15.9. The van der Waals surface area contributed by atoms with E-state index in [4.69, 9.17) is 19.9 Å². The highest BCUT2D eigenvalue weighted by Gasteiger charge is 2.53. The largest absolute Gasteiger partial charge is 0.465 e. The van der Waals surface area contributed by atoms with Gasteiger partial charge in [0.2, 0.25) is 5.91 Å². The van der Waals surface area contributed by atoms with Gasteiger partial charge < -0.3 is 35.3 Å². The van der Waals surface area contributed by atoms with E-state index in [0.717, 1.165) is 30.7 Å². The summed E-state index contributed by atoms with van der Waals surface area (Å²) < 4.78 is 76.0. The molecule has 2 saturated heterocycles. The molecule has 6 rings (SSSR count). The summed E-state index contributed by atoms with van der Waals surface area (Å²) in [7, 11) is 0. The van der Waals surface area contributed by atoms with Crippen LogP contribution in [0.15, 0.2) is 60.7 Å². The summed E-state index contributed by atoms with van der Waals surface area (Å²) in [6.07, 6.45) is 1.06. The number of ether oxygens (including phenoxy) is 3. The molecule has 2 spiro atoms. The van der Waals surface area contributed by atoms with Crippen LogP contribution in [0.3, 0.4) is 0 Å². The summed E-state index contributed by atoms with van der Waals surface area (Å²) in [6, 6.07) is 10.6. The van der Waals surface area contributed by atoms with Gasteiger partial charge in [0.05, 0.1) is 44.1 Å². The van der Waals surface area contributed by atoms with Crippen molar-refractivity contribution in [1.82, 2.24) is 4.90 Å². The number of carbonyl (C=O) groups is 2. The second-order valence-corrected chi connectivity index (χ2v) is 12.8. The van der Waals surface area contributed by atoms with E-state index in [9.17, 15) is 27.9 Å². The van der Waals surface area contributed by atoms with Gasteiger partial charge in [-0.15, -0.1) is 0 Å². The fraction of sp³-hybridized carbons (Fsp3) is 0.429. The van der Waals surface area contributed by atoms with E-state index in [2.05, 4.69) is 5.32 Å². The standard InChI is InChI=1S/C35H37F4N3O6/c36-23-7-5-21(6-8-23)30(22-15-24(37)17-25(38)16-22)31(40)32(43)41-29-4-1-3-28(39)27(29)10-9-26-18-42(33(44)45)20-34(48-26)11-2-12-35(19-34)46-13-14-47-35/h1,3-8,15-17,26,30-31H,2,9-14,18-20,40H2,(H,41,43)(H,44,45)/t26-,30+,31+,34?/m1/s1. The minimum Gasteiger partial charge on any atom is -0.465 e. The number of carbonyl (C=O) groups excluding carboxylic acids is 1. The molecule has 0 radical (unpaired) electrons. The number of nitrogens with zero attached hydrogens (tertiary/aromatic N) is 1. The fourth-order valence-electron chi connectivity index (χ4n) is 7.34. The Labute approximate surface area is 275 Å². The molecule has 2 amide bonds. The Morgan fingerprint density at radius 1 is 0.958 bits per heavy atom. The van der Waals surface area contributed by atoms with E-state index >= 15 is 4.39 Å². The molecule has 0 aromatic heterocycles. The van der Waals surface area contributed by atoms with Crippen LogP contribution in [0, 0.1) is 23.3 Å². The zero-order valence-corrected chi connectivity index (χ0v) is 26.1. The summed E-state index contributed by atoms with van der Waals surface area (Å²) in [4.78, 5) is 27.1. The van der Waals surface area contributed by atoms with Gasteiger partial charge in [-0.2, -0.15) is 0 Å². The van der Waals surface area contributed by atoms with Gasteiger partial charge in [-0.3, -0.25) is 4.79 Å². The molecule has 9 nitrogen and oxygen atoms in total. The summed E-state index contributed by atoms with van der Waals surface area (Å²) in [5.41, 5.74) is 6.28. The first-order chi connectivity index (χ1) is 22.9. The number of carboxylic acid groups (broad SMARTS) is 1. The number of anilines is 1. The molecule has 2 aliphatic heterocycles. The van der Waals surface area contributed by atoms with Crippen LogP contribution in [0.25, 0.3) is 0 Å². The van der Waals surface area contributed by atoms with Gasteiger partial charge in [0, 0.05) is 36.1 Å². The first-order valence-electron chi connectivity index (χ1n) is 15.9. The lowest BCUT2D eigenvalue weighted by atomic mass is 9.79. The summed E-state index contributed by atoms with van der Waals surface area (Å²) >= 11 is 0. The average Bonchev–Trinajstić information content (AvgIpc) is 3.47. The van der Waals surface area contributed by atoms with E-state index in [0.29, 0.717) is 44.1 Å². The van der Waals surface area contributed by atoms with Crippen molar-refractivity contribution < 1.29 is 46.5 Å². The number of hydrogen-bond donors (Lipinski definition) is 3. The molecule has 3 aromatic rings. The van der Waals surface area contributed by atoms with Crippen molar-refractivity contribution in [2.45, 2.75) is 68.0 Å². The van der Waals surface area contributed by atoms with Crippen molar-refractivity contribution in [3.8, 4) is 0 Å². The van der Waals surface area contributed by atoms with Gasteiger partial charge >= 0.3 is 6.09 Å². The van der Waals surface area contributed by atoms with Crippen LogP contribution in [0.1, 0.15) is 54.7 Å². The van der Waals surface area contributed by atoms with E-state index < -0.39 is 64.7 Å². The highest BCUT2D eigenvalue weighted by molar-refractivity contribution is 5.96. The molecule has 3 fully saturated rings. The molecule has 256 valence electrons. The Hall–Kier alpha value is -4.04. The number of benzene rings is 3. The fourth-order valence-corrected chi connectivity index (χ4v) is 7.34. The van der Waals surface area contributed by atoms with Gasteiger partial charge in [0.15, 0.2) is 5.79 Å². The number of halogens is 4. The second-order valence-electron chi connectivity index (χ2n) is 12.8. The molecule has 3 aromatic carbocycles. The molecule has 3 aliphatic rings. The van der Waals surface area contributed by atoms with Gasteiger partial charge in [-0.25, -0.2) is 22.4 Å². The molecular formula is C35H37F4N3O6. The summed E-state index contributed by atoms with van der Waals surface area (Å²) in [5, 5.41) is 12.6. The Balaban J connectivity index is 1.21. The lowest BCUT2D eigenvalue weighted by molar-refractivity contribution is -0.253. The van der Waals surface area contributed by atoms with Crippen LogP contribution < -0.4 is 11.1 Å². The molecular weight excluding hydrogens is 634 g/mol. The van der Waals surface area contributed by atoms with Crippen LogP contribution in [-0.2, 0) is 25.4 Å². The Kier molecular flexibility index (Phi) is 9.75. The zero-order chi connectivity index (χ0) is 34.1. The topological polar surface area (TPSA) is 123 Å². The van der Waals surface area contributed by atoms with Crippen molar-refractivity contribution in [2.24, 2.45) is 5.73 Å². The number of amides is 2. The number of nitrogens with one attached hydrogen (secondary N) is 1. The molecule has 4 atom stereocenters. The van der Waals surface area contributed by atoms with Crippen LogP contribution in [0.2, 0.25) is 0 Å². The van der Waals surface area contributed by atoms with Crippen molar-refractivity contribution in [1.29, 1.82) is 0 Å². The van der Waals surface area contributed by atoms with E-state index in [1.165, 1.54) is 35.2 Å². The number of morpholine rings is 1. The minimum atomic E-state index is -1.42. The van der Waals surface area contributed by atoms with Gasteiger partial charge in [-0.1, -0.05) is 18.2 Å². The highest BCUT2D eigenvalue weighted by Crippen LogP contribution is 2.45. The van der Waals surface area contributed by atoms with Crippen LogP contribution in [-0.4, -0.2) is 71.8 Å². The maximum Gasteiger partial charge on any atom is 0.407 e. The van der Waals surface area contributed by atoms with E-state index in [1.807, 2.05) is 0 Å². The maximum atomic E-state index is 15.3. The summed E-state index contributed by atoms with van der Waals surface area (Å²) in [6.45, 7) is 1.15. The second kappa shape index (κ2) is 13.8. The quantitative estimate of drug-likeness (QED) is 0.262. The number of hydrogen-bond acceptors (Lipinski definition) is 6. The average molecular weight is 672 g/mol. The first kappa shape index (κ1) is 33.8. The third kappa shape index (κ3) is 7.34. The highest BCUT2D eigenvalue weighted by atomic mass is 19.1. The Morgan fingerprint density at radius 2 is 1.67 bits per heavy atom. The SMILES string of the molecule is N[C@H](C(=O)Nc1cccc(F)c1CC[C@@H]1CN(C(=O)O)CC2(CCCC3(C2)OCCO3)O1)[C@@H](c1ccc(F)cc1)c1cc(F)cc(F)c1. The third-order valence-corrected chi connectivity index (χ3v) is 9.41. The Bertz CT molecular complexity index is 1630. The van der Waals surface area contributed by atoms with E-state index in [1.54, 1.807) is 0 Å². The smallest absolute Gasteiger partial charge is 0.407 e. The molecule has 1 unspecified atom stereocenters. The lowest BCUT2D eigenvalue weighted by Gasteiger charge is -2.51. The molecule has 1 saturated carbocycles. The van der Waals surface area contributed by atoms with Crippen molar-refractivity contribution in [3.05, 3.63) is 101 Å². The summed E-state index contributed by atoms with van der Waals surface area (Å²) in [5.74, 6) is -5.56. The normalized spacial score (nSPS) is 23.3. The lowest BCUT2D eigenvalue weighted by Crippen LogP contribution is -2.61. The van der Waals surface area contributed by atoms with Crippen LogP contribution >= 0.6 is 0 Å². The molecule has 13 heteroatoms. The van der Waals surface area contributed by atoms with Gasteiger partial charge in [0.25, 0.3) is 0 Å². The van der Waals surface area contributed by atoms with Gasteiger partial charge in [0.1, 0.15) is 23.3 Å². The minimum absolute atomic E-state index is 0.0606. The number of rotatable bonds is 8. The maximum absolute atomic E-state index is 15.3. The van der Waals surface area contributed by atoms with Crippen molar-refractivity contribution in [3.63, 3.8) is 0 Å². The molecule has 4 N–H and O–H groups in total. The predicted octanol–water partition coefficient (Wildman–Crippen LogP) is 5.71. The van der Waals surface area contributed by atoms with Gasteiger partial charge in [-0.05, 0) is 73.2 Å². The Morgan fingerprint density at radius 3 is 2.35 bits per heavy atom. The third-order valence-electron chi connectivity index (χ3n) is 9.41.